The smallest absolute Gasteiger partial charge is 0.0281 e. The van der Waals surface area contributed by atoms with Gasteiger partial charge in [0.1, 0.15) is 0 Å². The Morgan fingerprint density at radius 3 is 2.83 bits per heavy atom. The third kappa shape index (κ3) is 1.98. The zero-order valence-electron chi connectivity index (χ0n) is 15.5. The number of fused-ring (bicyclic) bond motifs is 5. The molecule has 4 rings (SSSR count). The average Bonchev–Trinajstić information content (AvgIpc) is 2.92. The van der Waals surface area contributed by atoms with Crippen LogP contribution in [0.5, 0.6) is 0 Å². The van der Waals surface area contributed by atoms with Crippen molar-refractivity contribution < 1.29 is 0 Å². The Bertz CT molecular complexity index is 738. The van der Waals surface area contributed by atoms with E-state index in [2.05, 4.69) is 64.3 Å². The minimum Gasteiger partial charge on any atom is -0.0956 e. The Labute approximate surface area is 147 Å². The van der Waals surface area contributed by atoms with Crippen molar-refractivity contribution in [1.82, 2.24) is 0 Å². The monoisotopic (exact) mass is 318 g/mol. The van der Waals surface area contributed by atoms with E-state index >= 15 is 0 Å². The van der Waals surface area contributed by atoms with Crippen LogP contribution in [0, 0.1) is 22.7 Å². The lowest BCUT2D eigenvalue weighted by Crippen LogP contribution is -2.42. The molecular weight excluding hydrogens is 288 g/mol. The number of hydrogen-bond donors (Lipinski definition) is 0. The number of hydrogen-bond acceptors (Lipinski definition) is 0. The lowest BCUT2D eigenvalue weighted by molar-refractivity contribution is 0.152. The molecule has 0 saturated heterocycles. The van der Waals surface area contributed by atoms with Crippen LogP contribution in [0.15, 0.2) is 71.4 Å². The second-order valence-electron chi connectivity index (χ2n) is 8.62. The van der Waals surface area contributed by atoms with Gasteiger partial charge in [0, 0.05) is 5.41 Å². The molecule has 0 aliphatic heterocycles. The van der Waals surface area contributed by atoms with Crippen LogP contribution in [0.25, 0.3) is 0 Å². The summed E-state index contributed by atoms with van der Waals surface area (Å²) >= 11 is 0. The van der Waals surface area contributed by atoms with Gasteiger partial charge in [0.15, 0.2) is 0 Å². The Balaban J connectivity index is 1.74. The topological polar surface area (TPSA) is 0 Å². The van der Waals surface area contributed by atoms with Crippen molar-refractivity contribution in [2.24, 2.45) is 22.7 Å². The van der Waals surface area contributed by atoms with E-state index in [0.717, 1.165) is 23.8 Å². The molecule has 126 valence electrons. The minimum absolute atomic E-state index is 0.135. The highest BCUT2D eigenvalue weighted by atomic mass is 14.6. The van der Waals surface area contributed by atoms with Crippen molar-refractivity contribution in [2.75, 3.05) is 0 Å². The second kappa shape index (κ2) is 5.22. The van der Waals surface area contributed by atoms with Gasteiger partial charge in [-0.3, -0.25) is 0 Å². The quantitative estimate of drug-likeness (QED) is 0.497. The van der Waals surface area contributed by atoms with Crippen LogP contribution in [-0.2, 0) is 0 Å². The van der Waals surface area contributed by atoms with Gasteiger partial charge in [0.05, 0.1) is 0 Å². The first kappa shape index (κ1) is 15.9. The van der Waals surface area contributed by atoms with Crippen molar-refractivity contribution >= 4 is 0 Å². The Morgan fingerprint density at radius 1 is 1.29 bits per heavy atom. The van der Waals surface area contributed by atoms with Gasteiger partial charge in [-0.1, -0.05) is 74.1 Å². The largest absolute Gasteiger partial charge is 0.0956 e. The molecule has 0 N–H and O–H groups in total. The molecule has 4 atom stereocenters. The first-order chi connectivity index (χ1) is 11.4. The van der Waals surface area contributed by atoms with E-state index in [-0.39, 0.29) is 5.41 Å². The standard InChI is InChI=1S/C24H30/c1-6-17(3)20-9-10-21-19-8-7-18-15-16(2)11-13-23(18,4)22(19)12-14-24(20,21)5/h9,11-13,15,19,21H,2-3,6-8,10,14H2,1,4-5H3. The van der Waals surface area contributed by atoms with Crippen molar-refractivity contribution in [1.29, 1.82) is 0 Å². The molecule has 0 heterocycles. The van der Waals surface area contributed by atoms with Gasteiger partial charge in [-0.15, -0.1) is 0 Å². The molecule has 4 unspecified atom stereocenters. The van der Waals surface area contributed by atoms with Crippen LogP contribution >= 0.6 is 0 Å². The van der Waals surface area contributed by atoms with Gasteiger partial charge >= 0.3 is 0 Å². The zero-order valence-corrected chi connectivity index (χ0v) is 15.5. The summed E-state index contributed by atoms with van der Waals surface area (Å²) in [5, 5.41) is 0. The fraction of sp³-hybridized carbons (Fsp3) is 0.500. The first-order valence-electron chi connectivity index (χ1n) is 9.58. The minimum atomic E-state index is 0.135. The summed E-state index contributed by atoms with van der Waals surface area (Å²) < 4.78 is 0. The highest BCUT2D eigenvalue weighted by Gasteiger charge is 2.52. The summed E-state index contributed by atoms with van der Waals surface area (Å²) in [4.78, 5) is 0. The van der Waals surface area contributed by atoms with Gasteiger partial charge in [-0.25, -0.2) is 0 Å². The zero-order chi connectivity index (χ0) is 17.1. The molecule has 0 nitrogen and oxygen atoms in total. The van der Waals surface area contributed by atoms with Crippen LogP contribution in [0.3, 0.4) is 0 Å². The van der Waals surface area contributed by atoms with Gasteiger partial charge in [0.2, 0.25) is 0 Å². The van der Waals surface area contributed by atoms with Gasteiger partial charge in [0.25, 0.3) is 0 Å². The third-order valence-electron chi connectivity index (χ3n) is 7.43. The maximum absolute atomic E-state index is 4.36. The van der Waals surface area contributed by atoms with Gasteiger partial charge in [-0.2, -0.15) is 0 Å². The molecule has 0 radical (unpaired) electrons. The van der Waals surface area contributed by atoms with Crippen molar-refractivity contribution in [3.63, 3.8) is 0 Å². The molecule has 0 heteroatoms. The van der Waals surface area contributed by atoms with Crippen molar-refractivity contribution in [3.8, 4) is 0 Å². The van der Waals surface area contributed by atoms with Crippen LogP contribution in [0.2, 0.25) is 0 Å². The molecule has 1 saturated carbocycles. The number of allylic oxidation sites excluding steroid dienone is 10. The van der Waals surface area contributed by atoms with E-state index in [1.54, 1.807) is 16.7 Å². The van der Waals surface area contributed by atoms with E-state index in [1.807, 2.05) is 0 Å². The number of rotatable bonds is 2. The van der Waals surface area contributed by atoms with Gasteiger partial charge < -0.3 is 0 Å². The molecule has 0 aromatic carbocycles. The van der Waals surface area contributed by atoms with Crippen LogP contribution in [-0.4, -0.2) is 0 Å². The Hall–Kier alpha value is -1.56. The summed E-state index contributed by atoms with van der Waals surface area (Å²) in [7, 11) is 0. The van der Waals surface area contributed by atoms with E-state index < -0.39 is 0 Å². The second-order valence-corrected chi connectivity index (χ2v) is 8.62. The lowest BCUT2D eigenvalue weighted by atomic mass is 9.52. The molecule has 0 amide bonds. The van der Waals surface area contributed by atoms with Crippen LogP contribution in [0.1, 0.15) is 52.9 Å². The van der Waals surface area contributed by atoms with E-state index in [1.165, 1.54) is 31.3 Å². The van der Waals surface area contributed by atoms with Crippen molar-refractivity contribution in [2.45, 2.75) is 52.9 Å². The summed E-state index contributed by atoms with van der Waals surface area (Å²) in [6.45, 7) is 15.7. The summed E-state index contributed by atoms with van der Waals surface area (Å²) in [6, 6.07) is 0. The molecular formula is C24H30. The predicted octanol–water partition coefficient (Wildman–Crippen LogP) is 6.70. The van der Waals surface area contributed by atoms with E-state index in [9.17, 15) is 0 Å². The summed E-state index contributed by atoms with van der Waals surface area (Å²) in [5.41, 5.74) is 7.77. The molecule has 0 aromatic heterocycles. The highest BCUT2D eigenvalue weighted by molar-refractivity contribution is 5.52. The molecule has 1 fully saturated rings. The lowest BCUT2D eigenvalue weighted by Gasteiger charge is -2.52. The molecule has 24 heavy (non-hydrogen) atoms. The van der Waals surface area contributed by atoms with Crippen molar-refractivity contribution in [3.05, 3.63) is 71.4 Å². The molecule has 0 aromatic rings. The molecule has 4 aliphatic carbocycles. The Morgan fingerprint density at radius 2 is 2.08 bits per heavy atom. The summed E-state index contributed by atoms with van der Waals surface area (Å²) in [6.07, 6.45) is 18.1. The molecule has 4 aliphatic rings. The highest BCUT2D eigenvalue weighted by Crippen LogP contribution is 2.63. The van der Waals surface area contributed by atoms with Crippen LogP contribution in [0.4, 0.5) is 0 Å². The third-order valence-corrected chi connectivity index (χ3v) is 7.43. The normalized spacial score (nSPS) is 40.1. The Kier molecular flexibility index (Phi) is 3.46. The first-order valence-corrected chi connectivity index (χ1v) is 9.58. The maximum Gasteiger partial charge on any atom is 0.0281 e. The van der Waals surface area contributed by atoms with E-state index in [4.69, 9.17) is 0 Å². The van der Waals surface area contributed by atoms with Crippen LogP contribution < -0.4 is 0 Å². The average molecular weight is 319 g/mol. The SMILES string of the molecule is C=C1C=CC2(C)C(=C1)CCC1C2=CCC2(C)C(C(=C)CC)=CCC12. The predicted molar refractivity (Wildman–Crippen MR) is 104 cm³/mol. The fourth-order valence-electron chi connectivity index (χ4n) is 5.92. The maximum atomic E-state index is 4.36. The molecule has 0 spiro atoms. The van der Waals surface area contributed by atoms with E-state index in [0.29, 0.717) is 5.41 Å². The van der Waals surface area contributed by atoms with Gasteiger partial charge in [-0.05, 0) is 67.4 Å². The molecule has 0 bridgehead atoms. The fourth-order valence-corrected chi connectivity index (χ4v) is 5.92. The summed E-state index contributed by atoms with van der Waals surface area (Å²) in [5.74, 6) is 1.48.